The van der Waals surface area contributed by atoms with Crippen molar-refractivity contribution in [1.29, 1.82) is 0 Å². The molecule has 5 rings (SSSR count). The van der Waals surface area contributed by atoms with Gasteiger partial charge in [0.2, 0.25) is 0 Å². The number of hydrogen-bond donors (Lipinski definition) is 1. The number of ether oxygens (including phenoxy) is 1. The first-order valence-corrected chi connectivity index (χ1v) is 8.97. The molecule has 0 radical (unpaired) electrons. The van der Waals surface area contributed by atoms with Crippen LogP contribution in [-0.2, 0) is 0 Å². The van der Waals surface area contributed by atoms with Crippen LogP contribution < -0.4 is 9.64 Å². The molecule has 0 atom stereocenters. The lowest BCUT2D eigenvalue weighted by atomic mass is 9.99. The third-order valence-electron chi connectivity index (χ3n) is 4.99. The Labute approximate surface area is 156 Å². The Morgan fingerprint density at radius 1 is 1.00 bits per heavy atom. The van der Waals surface area contributed by atoms with Crippen molar-refractivity contribution in [1.82, 2.24) is 19.9 Å². The molecule has 0 unspecified atom stereocenters. The molecule has 0 amide bonds. The van der Waals surface area contributed by atoms with Crippen molar-refractivity contribution in [3.63, 3.8) is 0 Å². The minimum atomic E-state index is 0.400. The molecule has 2 aromatic carbocycles. The van der Waals surface area contributed by atoms with E-state index < -0.39 is 0 Å². The van der Waals surface area contributed by atoms with Crippen LogP contribution in [0.15, 0.2) is 60.8 Å². The largest absolute Gasteiger partial charge is 0.497 e. The molecule has 1 aliphatic rings. The van der Waals surface area contributed by atoms with Crippen LogP contribution in [0, 0.1) is 0 Å². The summed E-state index contributed by atoms with van der Waals surface area (Å²) in [5, 5.41) is 0. The number of imidazole rings is 1. The highest BCUT2D eigenvalue weighted by Gasteiger charge is 2.31. The minimum Gasteiger partial charge on any atom is -0.497 e. The van der Waals surface area contributed by atoms with Gasteiger partial charge in [-0.25, -0.2) is 15.0 Å². The molecule has 2 aromatic heterocycles. The van der Waals surface area contributed by atoms with Crippen molar-refractivity contribution < 1.29 is 4.74 Å². The molecule has 0 aliphatic carbocycles. The zero-order chi connectivity index (χ0) is 18.2. The number of nitrogens with zero attached hydrogens (tertiary/aromatic N) is 4. The molecule has 0 saturated carbocycles. The molecule has 4 aromatic rings. The first kappa shape index (κ1) is 15.8. The summed E-state index contributed by atoms with van der Waals surface area (Å²) in [6.45, 7) is 1.80. The quantitative estimate of drug-likeness (QED) is 0.604. The summed E-state index contributed by atoms with van der Waals surface area (Å²) in [6.07, 6.45) is 1.82. The van der Waals surface area contributed by atoms with Crippen molar-refractivity contribution in [3.8, 4) is 17.1 Å². The van der Waals surface area contributed by atoms with Gasteiger partial charge in [-0.1, -0.05) is 12.1 Å². The summed E-state index contributed by atoms with van der Waals surface area (Å²) in [5.74, 6) is 3.95. The first-order chi connectivity index (χ1) is 13.3. The molecular formula is C21H19N5O. The number of anilines is 1. The maximum atomic E-state index is 5.21. The lowest BCUT2D eigenvalue weighted by molar-refractivity contribution is 0.415. The fourth-order valence-electron chi connectivity index (χ4n) is 3.41. The van der Waals surface area contributed by atoms with E-state index in [1.807, 2.05) is 54.7 Å². The van der Waals surface area contributed by atoms with Gasteiger partial charge in [0.1, 0.15) is 17.4 Å². The Morgan fingerprint density at radius 2 is 1.81 bits per heavy atom. The molecule has 6 nitrogen and oxygen atoms in total. The normalized spacial score (nSPS) is 14.3. The van der Waals surface area contributed by atoms with Gasteiger partial charge in [-0.05, 0) is 42.5 Å². The standard InChI is InChI=1S/C21H19N5O/c1-27-16-8-6-14(7-9-16)20-22-11-10-19(25-20)26-12-15(13-26)21-23-17-4-2-3-5-18(17)24-21/h2-11,15H,12-13H2,1H3,(H,23,24). The van der Waals surface area contributed by atoms with E-state index in [-0.39, 0.29) is 0 Å². The van der Waals surface area contributed by atoms with E-state index in [1.54, 1.807) is 7.11 Å². The van der Waals surface area contributed by atoms with E-state index in [0.717, 1.165) is 52.9 Å². The molecular weight excluding hydrogens is 338 g/mol. The first-order valence-electron chi connectivity index (χ1n) is 8.97. The van der Waals surface area contributed by atoms with E-state index in [2.05, 4.69) is 20.9 Å². The average Bonchev–Trinajstić information content (AvgIpc) is 3.11. The number of para-hydroxylation sites is 2. The fraction of sp³-hybridized carbons (Fsp3) is 0.190. The van der Waals surface area contributed by atoms with Crippen LogP contribution >= 0.6 is 0 Å². The highest BCUT2D eigenvalue weighted by Crippen LogP contribution is 2.31. The number of aromatic amines is 1. The number of aromatic nitrogens is 4. The van der Waals surface area contributed by atoms with Gasteiger partial charge >= 0.3 is 0 Å². The van der Waals surface area contributed by atoms with Crippen molar-refractivity contribution in [2.45, 2.75) is 5.92 Å². The van der Waals surface area contributed by atoms with Gasteiger partial charge in [-0.2, -0.15) is 0 Å². The summed E-state index contributed by atoms with van der Waals surface area (Å²) in [4.78, 5) is 19.6. The zero-order valence-corrected chi connectivity index (χ0v) is 15.0. The third-order valence-corrected chi connectivity index (χ3v) is 4.99. The Balaban J connectivity index is 1.33. The van der Waals surface area contributed by atoms with Gasteiger partial charge in [0.05, 0.1) is 24.1 Å². The molecule has 134 valence electrons. The van der Waals surface area contributed by atoms with E-state index in [0.29, 0.717) is 5.92 Å². The van der Waals surface area contributed by atoms with Gasteiger partial charge in [0.25, 0.3) is 0 Å². The van der Waals surface area contributed by atoms with Crippen molar-refractivity contribution >= 4 is 16.9 Å². The Kier molecular flexibility index (Phi) is 3.74. The van der Waals surface area contributed by atoms with Crippen molar-refractivity contribution in [3.05, 3.63) is 66.6 Å². The SMILES string of the molecule is COc1ccc(-c2nccc(N3CC(c4nc5ccccc5[nH]4)C3)n2)cc1. The summed E-state index contributed by atoms with van der Waals surface area (Å²) in [7, 11) is 1.66. The number of H-pyrrole nitrogens is 1. The Morgan fingerprint density at radius 3 is 2.59 bits per heavy atom. The van der Waals surface area contributed by atoms with Crippen LogP contribution in [-0.4, -0.2) is 40.1 Å². The summed E-state index contributed by atoms with van der Waals surface area (Å²) < 4.78 is 5.21. The Hall–Kier alpha value is -3.41. The van der Waals surface area contributed by atoms with E-state index >= 15 is 0 Å². The van der Waals surface area contributed by atoms with Crippen LogP contribution in [0.25, 0.3) is 22.4 Å². The van der Waals surface area contributed by atoms with Gasteiger partial charge in [-0.3, -0.25) is 0 Å². The van der Waals surface area contributed by atoms with Gasteiger partial charge in [-0.15, -0.1) is 0 Å². The monoisotopic (exact) mass is 357 g/mol. The maximum Gasteiger partial charge on any atom is 0.161 e. The smallest absolute Gasteiger partial charge is 0.161 e. The number of methoxy groups -OCH3 is 1. The van der Waals surface area contributed by atoms with Gasteiger partial charge < -0.3 is 14.6 Å². The van der Waals surface area contributed by atoms with Crippen LogP contribution in [0.5, 0.6) is 5.75 Å². The predicted octanol–water partition coefficient (Wildman–Crippen LogP) is 3.63. The lowest BCUT2D eigenvalue weighted by Crippen LogP contribution is -2.46. The highest BCUT2D eigenvalue weighted by atomic mass is 16.5. The molecule has 0 bridgehead atoms. The van der Waals surface area contributed by atoms with Crippen LogP contribution in [0.3, 0.4) is 0 Å². The second-order valence-corrected chi connectivity index (χ2v) is 6.71. The number of benzene rings is 2. The number of fused-ring (bicyclic) bond motifs is 1. The second kappa shape index (κ2) is 6.39. The van der Waals surface area contributed by atoms with Crippen LogP contribution in [0.1, 0.15) is 11.7 Å². The number of rotatable bonds is 4. The molecule has 1 saturated heterocycles. The van der Waals surface area contributed by atoms with E-state index in [1.165, 1.54) is 0 Å². The lowest BCUT2D eigenvalue weighted by Gasteiger charge is -2.39. The molecule has 6 heteroatoms. The molecule has 3 heterocycles. The predicted molar refractivity (Wildman–Crippen MR) is 105 cm³/mol. The number of nitrogens with one attached hydrogen (secondary N) is 1. The third kappa shape index (κ3) is 2.89. The molecule has 27 heavy (non-hydrogen) atoms. The summed E-state index contributed by atoms with van der Waals surface area (Å²) in [6, 6.07) is 17.9. The minimum absolute atomic E-state index is 0.400. The molecule has 1 N–H and O–H groups in total. The van der Waals surface area contributed by atoms with Crippen molar-refractivity contribution in [2.75, 3.05) is 25.1 Å². The van der Waals surface area contributed by atoms with E-state index in [9.17, 15) is 0 Å². The zero-order valence-electron chi connectivity index (χ0n) is 15.0. The molecule has 1 aliphatic heterocycles. The van der Waals surface area contributed by atoms with E-state index in [4.69, 9.17) is 14.7 Å². The van der Waals surface area contributed by atoms with Gasteiger partial charge in [0.15, 0.2) is 5.82 Å². The Bertz CT molecular complexity index is 1050. The maximum absolute atomic E-state index is 5.21. The van der Waals surface area contributed by atoms with Gasteiger partial charge in [0, 0.05) is 24.8 Å². The average molecular weight is 357 g/mol. The fourth-order valence-corrected chi connectivity index (χ4v) is 3.41. The van der Waals surface area contributed by atoms with Crippen LogP contribution in [0.2, 0.25) is 0 Å². The highest BCUT2D eigenvalue weighted by molar-refractivity contribution is 5.75. The molecule has 0 spiro atoms. The summed E-state index contributed by atoms with van der Waals surface area (Å²) >= 11 is 0. The topological polar surface area (TPSA) is 66.9 Å². The van der Waals surface area contributed by atoms with Crippen LogP contribution in [0.4, 0.5) is 5.82 Å². The number of hydrogen-bond acceptors (Lipinski definition) is 5. The summed E-state index contributed by atoms with van der Waals surface area (Å²) in [5.41, 5.74) is 3.09. The second-order valence-electron chi connectivity index (χ2n) is 6.71. The van der Waals surface area contributed by atoms with Crippen molar-refractivity contribution in [2.24, 2.45) is 0 Å². The molecule has 1 fully saturated rings.